The SMILES string of the molecule is FC(F)(F)c1ccc(Nc2nc3ccc(Cl)cc3s2)cc1. The maximum Gasteiger partial charge on any atom is 0.416 e. The summed E-state index contributed by atoms with van der Waals surface area (Å²) in [5, 5.41) is 4.21. The lowest BCUT2D eigenvalue weighted by Gasteiger charge is -2.07. The quantitative estimate of drug-likeness (QED) is 0.651. The fourth-order valence-corrected chi connectivity index (χ4v) is 2.98. The van der Waals surface area contributed by atoms with E-state index < -0.39 is 11.7 Å². The summed E-state index contributed by atoms with van der Waals surface area (Å²) in [4.78, 5) is 4.35. The average molecular weight is 329 g/mol. The third kappa shape index (κ3) is 3.11. The zero-order valence-electron chi connectivity index (χ0n) is 10.4. The summed E-state index contributed by atoms with van der Waals surface area (Å²) in [5.74, 6) is 0. The Balaban J connectivity index is 1.84. The van der Waals surface area contributed by atoms with Crippen LogP contribution in [0.1, 0.15) is 5.56 Å². The molecule has 0 aliphatic carbocycles. The molecule has 1 N–H and O–H groups in total. The molecule has 0 aliphatic rings. The van der Waals surface area contributed by atoms with Gasteiger partial charge in [0.2, 0.25) is 0 Å². The van der Waals surface area contributed by atoms with E-state index in [1.165, 1.54) is 23.5 Å². The molecule has 0 atom stereocenters. The minimum Gasteiger partial charge on any atom is -0.332 e. The van der Waals surface area contributed by atoms with Crippen molar-refractivity contribution in [3.8, 4) is 0 Å². The molecule has 0 saturated carbocycles. The zero-order chi connectivity index (χ0) is 15.0. The molecule has 0 bridgehead atoms. The molecule has 21 heavy (non-hydrogen) atoms. The van der Waals surface area contributed by atoms with Gasteiger partial charge in [0.1, 0.15) is 0 Å². The lowest BCUT2D eigenvalue weighted by molar-refractivity contribution is -0.137. The standard InChI is InChI=1S/C14H8ClF3N2S/c15-9-3-6-11-12(7-9)21-13(20-11)19-10-4-1-8(2-5-10)14(16,17)18/h1-7H,(H,19,20). The van der Waals surface area contributed by atoms with E-state index in [9.17, 15) is 13.2 Å². The Hall–Kier alpha value is -1.79. The predicted molar refractivity (Wildman–Crippen MR) is 79.4 cm³/mol. The lowest BCUT2D eigenvalue weighted by atomic mass is 10.2. The van der Waals surface area contributed by atoms with Crippen LogP contribution in [0, 0.1) is 0 Å². The van der Waals surface area contributed by atoms with Crippen molar-refractivity contribution < 1.29 is 13.2 Å². The molecule has 0 spiro atoms. The Bertz CT molecular complexity index is 781. The molecule has 3 aromatic rings. The van der Waals surface area contributed by atoms with Gasteiger partial charge in [0.05, 0.1) is 15.8 Å². The number of rotatable bonds is 2. The molecule has 0 amide bonds. The molecule has 0 radical (unpaired) electrons. The summed E-state index contributed by atoms with van der Waals surface area (Å²) in [6.45, 7) is 0. The van der Waals surface area contributed by atoms with E-state index in [-0.39, 0.29) is 0 Å². The van der Waals surface area contributed by atoms with Gasteiger partial charge in [-0.3, -0.25) is 0 Å². The summed E-state index contributed by atoms with van der Waals surface area (Å²) < 4.78 is 38.4. The molecule has 0 unspecified atom stereocenters. The first-order valence-electron chi connectivity index (χ1n) is 5.92. The Morgan fingerprint density at radius 3 is 2.43 bits per heavy atom. The van der Waals surface area contributed by atoms with Gasteiger partial charge in [-0.05, 0) is 42.5 Å². The molecular weight excluding hydrogens is 321 g/mol. The van der Waals surface area contributed by atoms with E-state index >= 15 is 0 Å². The van der Waals surface area contributed by atoms with E-state index in [1.807, 2.05) is 0 Å². The van der Waals surface area contributed by atoms with Crippen LogP contribution in [0.2, 0.25) is 5.02 Å². The largest absolute Gasteiger partial charge is 0.416 e. The van der Waals surface area contributed by atoms with Crippen LogP contribution < -0.4 is 5.32 Å². The fraction of sp³-hybridized carbons (Fsp3) is 0.0714. The first kappa shape index (κ1) is 14.2. The lowest BCUT2D eigenvalue weighted by Crippen LogP contribution is -2.04. The van der Waals surface area contributed by atoms with Gasteiger partial charge in [-0.25, -0.2) is 4.98 Å². The zero-order valence-corrected chi connectivity index (χ0v) is 12.0. The van der Waals surface area contributed by atoms with Crippen LogP contribution in [0.15, 0.2) is 42.5 Å². The number of nitrogens with one attached hydrogen (secondary N) is 1. The minimum absolute atomic E-state index is 0.549. The predicted octanol–water partition coefficient (Wildman–Crippen LogP) is 5.71. The second-order valence-corrected chi connectivity index (χ2v) is 5.80. The fourth-order valence-electron chi connectivity index (χ4n) is 1.82. The summed E-state index contributed by atoms with van der Waals surface area (Å²) in [6, 6.07) is 10.2. The second-order valence-electron chi connectivity index (χ2n) is 4.33. The Labute approximate surface area is 127 Å². The van der Waals surface area contributed by atoms with Gasteiger partial charge >= 0.3 is 6.18 Å². The van der Waals surface area contributed by atoms with Crippen molar-refractivity contribution in [1.29, 1.82) is 0 Å². The van der Waals surface area contributed by atoms with E-state index in [2.05, 4.69) is 10.3 Å². The molecule has 108 valence electrons. The number of fused-ring (bicyclic) bond motifs is 1. The number of thiazole rings is 1. The van der Waals surface area contributed by atoms with Gasteiger partial charge < -0.3 is 5.32 Å². The number of alkyl halides is 3. The van der Waals surface area contributed by atoms with Crippen molar-refractivity contribution in [3.05, 3.63) is 53.1 Å². The number of benzene rings is 2. The number of halogens is 4. The summed E-state index contributed by atoms with van der Waals surface area (Å²) in [5.41, 5.74) is 0.663. The molecule has 0 saturated heterocycles. The Morgan fingerprint density at radius 1 is 1.05 bits per heavy atom. The van der Waals surface area contributed by atoms with Crippen molar-refractivity contribution in [3.63, 3.8) is 0 Å². The molecule has 0 aliphatic heterocycles. The van der Waals surface area contributed by atoms with Gasteiger partial charge in [0, 0.05) is 10.7 Å². The minimum atomic E-state index is -4.33. The third-order valence-electron chi connectivity index (χ3n) is 2.81. The smallest absolute Gasteiger partial charge is 0.332 e. The van der Waals surface area contributed by atoms with Crippen molar-refractivity contribution in [2.24, 2.45) is 0 Å². The molecule has 0 fully saturated rings. The summed E-state index contributed by atoms with van der Waals surface area (Å²) in [7, 11) is 0. The van der Waals surface area contributed by atoms with Gasteiger partial charge in [-0.15, -0.1) is 0 Å². The summed E-state index contributed by atoms with van der Waals surface area (Å²) >= 11 is 7.29. The van der Waals surface area contributed by atoms with Crippen LogP contribution in [0.3, 0.4) is 0 Å². The van der Waals surface area contributed by atoms with Crippen LogP contribution in [-0.4, -0.2) is 4.98 Å². The maximum atomic E-state index is 12.5. The normalized spacial score (nSPS) is 11.8. The highest BCUT2D eigenvalue weighted by Gasteiger charge is 2.29. The maximum absolute atomic E-state index is 12.5. The molecule has 1 aromatic heterocycles. The van der Waals surface area contributed by atoms with Crippen LogP contribution >= 0.6 is 22.9 Å². The molecule has 2 aromatic carbocycles. The molecule has 2 nitrogen and oxygen atoms in total. The summed E-state index contributed by atoms with van der Waals surface area (Å²) in [6.07, 6.45) is -4.33. The molecule has 3 rings (SSSR count). The number of nitrogens with zero attached hydrogens (tertiary/aromatic N) is 1. The third-order valence-corrected chi connectivity index (χ3v) is 3.98. The highest BCUT2D eigenvalue weighted by molar-refractivity contribution is 7.22. The monoisotopic (exact) mass is 328 g/mol. The first-order valence-corrected chi connectivity index (χ1v) is 7.12. The Kier molecular flexibility index (Phi) is 3.51. The number of anilines is 2. The molecule has 7 heteroatoms. The van der Waals surface area contributed by atoms with E-state index in [1.54, 1.807) is 18.2 Å². The molecule has 1 heterocycles. The van der Waals surface area contributed by atoms with Crippen LogP contribution in [-0.2, 0) is 6.18 Å². The van der Waals surface area contributed by atoms with E-state index in [0.717, 1.165) is 22.3 Å². The van der Waals surface area contributed by atoms with Gasteiger partial charge in [-0.2, -0.15) is 13.2 Å². The van der Waals surface area contributed by atoms with Gasteiger partial charge in [0.25, 0.3) is 0 Å². The first-order chi connectivity index (χ1) is 9.91. The van der Waals surface area contributed by atoms with Crippen LogP contribution in [0.5, 0.6) is 0 Å². The van der Waals surface area contributed by atoms with Crippen molar-refractivity contribution in [1.82, 2.24) is 4.98 Å². The van der Waals surface area contributed by atoms with Crippen molar-refractivity contribution in [2.45, 2.75) is 6.18 Å². The number of hydrogen-bond acceptors (Lipinski definition) is 3. The Morgan fingerprint density at radius 2 is 1.76 bits per heavy atom. The molecular formula is C14H8ClF3N2S. The van der Waals surface area contributed by atoms with Crippen LogP contribution in [0.4, 0.5) is 24.0 Å². The van der Waals surface area contributed by atoms with Crippen molar-refractivity contribution in [2.75, 3.05) is 5.32 Å². The highest BCUT2D eigenvalue weighted by Crippen LogP contribution is 2.32. The topological polar surface area (TPSA) is 24.9 Å². The van der Waals surface area contributed by atoms with E-state index in [0.29, 0.717) is 15.8 Å². The average Bonchev–Trinajstić information content (AvgIpc) is 2.79. The van der Waals surface area contributed by atoms with Crippen molar-refractivity contribution >= 4 is 44.0 Å². The highest BCUT2D eigenvalue weighted by atomic mass is 35.5. The second kappa shape index (κ2) is 5.20. The van der Waals surface area contributed by atoms with Gasteiger partial charge in [0.15, 0.2) is 5.13 Å². The van der Waals surface area contributed by atoms with E-state index in [4.69, 9.17) is 11.6 Å². The van der Waals surface area contributed by atoms with Gasteiger partial charge in [-0.1, -0.05) is 22.9 Å². The van der Waals surface area contributed by atoms with Crippen LogP contribution in [0.25, 0.3) is 10.2 Å². The number of hydrogen-bond donors (Lipinski definition) is 1. The number of aromatic nitrogens is 1.